The zero-order valence-corrected chi connectivity index (χ0v) is 9.40. The van der Waals surface area contributed by atoms with E-state index < -0.39 is 0 Å². The van der Waals surface area contributed by atoms with Gasteiger partial charge in [0.15, 0.2) is 5.78 Å². The Bertz CT molecular complexity index is 518. The lowest BCUT2D eigenvalue weighted by molar-refractivity contribution is 0.101. The maximum atomic E-state index is 11.3. The van der Waals surface area contributed by atoms with Crippen molar-refractivity contribution in [2.24, 2.45) is 0 Å². The van der Waals surface area contributed by atoms with Crippen LogP contribution >= 0.6 is 0 Å². The fraction of sp³-hybridized carbons (Fsp3) is 0.143. The Morgan fingerprint density at radius 3 is 2.31 bits per heavy atom. The molecule has 0 bridgehead atoms. The van der Waals surface area contributed by atoms with E-state index in [-0.39, 0.29) is 5.78 Å². The summed E-state index contributed by atoms with van der Waals surface area (Å²) in [6.07, 6.45) is 3.53. The van der Waals surface area contributed by atoms with Crippen LogP contribution < -0.4 is 0 Å². The Kier molecular flexibility index (Phi) is 2.82. The molecular formula is C14H13NO. The smallest absolute Gasteiger partial charge is 0.160 e. The first-order valence-electron chi connectivity index (χ1n) is 5.20. The van der Waals surface area contributed by atoms with Gasteiger partial charge in [0.1, 0.15) is 0 Å². The minimum Gasteiger partial charge on any atom is -0.295 e. The highest BCUT2D eigenvalue weighted by Crippen LogP contribution is 2.21. The average Bonchev–Trinajstić information content (AvgIpc) is 2.29. The Hall–Kier alpha value is -1.96. The topological polar surface area (TPSA) is 30.0 Å². The van der Waals surface area contributed by atoms with Gasteiger partial charge >= 0.3 is 0 Å². The third kappa shape index (κ3) is 2.01. The first-order chi connectivity index (χ1) is 7.68. The van der Waals surface area contributed by atoms with Crippen molar-refractivity contribution in [2.75, 3.05) is 0 Å². The summed E-state index contributed by atoms with van der Waals surface area (Å²) < 4.78 is 0. The molecule has 0 fully saturated rings. The van der Waals surface area contributed by atoms with E-state index in [0.29, 0.717) is 0 Å². The number of aromatic nitrogens is 1. The fourth-order valence-electron chi connectivity index (χ4n) is 1.78. The van der Waals surface area contributed by atoms with Crippen LogP contribution in [0.5, 0.6) is 0 Å². The van der Waals surface area contributed by atoms with Crippen molar-refractivity contribution in [2.45, 2.75) is 13.8 Å². The van der Waals surface area contributed by atoms with Crippen LogP contribution in [-0.2, 0) is 0 Å². The Labute approximate surface area is 95.0 Å². The SMILES string of the molecule is CC(=O)c1ccc(-c2ccncc2)cc1C. The number of ketones is 1. The van der Waals surface area contributed by atoms with Crippen LogP contribution in [0, 0.1) is 6.92 Å². The molecule has 0 spiro atoms. The molecule has 1 aromatic carbocycles. The van der Waals surface area contributed by atoms with Crippen molar-refractivity contribution in [3.05, 3.63) is 53.9 Å². The molecule has 2 aromatic rings. The van der Waals surface area contributed by atoms with Gasteiger partial charge in [0, 0.05) is 18.0 Å². The molecular weight excluding hydrogens is 198 g/mol. The van der Waals surface area contributed by atoms with E-state index in [1.54, 1.807) is 19.3 Å². The van der Waals surface area contributed by atoms with Gasteiger partial charge in [-0.05, 0) is 42.7 Å². The van der Waals surface area contributed by atoms with Crippen molar-refractivity contribution >= 4 is 5.78 Å². The summed E-state index contributed by atoms with van der Waals surface area (Å²) in [4.78, 5) is 15.3. The molecule has 1 heterocycles. The van der Waals surface area contributed by atoms with Crippen LogP contribution in [0.4, 0.5) is 0 Å². The Balaban J connectivity index is 2.46. The minimum atomic E-state index is 0.110. The van der Waals surface area contributed by atoms with E-state index in [1.807, 2.05) is 37.3 Å². The van der Waals surface area contributed by atoms with Gasteiger partial charge in [-0.15, -0.1) is 0 Å². The summed E-state index contributed by atoms with van der Waals surface area (Å²) in [7, 11) is 0. The summed E-state index contributed by atoms with van der Waals surface area (Å²) in [5.74, 6) is 0.110. The summed E-state index contributed by atoms with van der Waals surface area (Å²) in [5, 5.41) is 0. The number of rotatable bonds is 2. The monoisotopic (exact) mass is 211 g/mol. The number of carbonyl (C=O) groups excluding carboxylic acids is 1. The second kappa shape index (κ2) is 4.27. The van der Waals surface area contributed by atoms with Crippen molar-refractivity contribution < 1.29 is 4.79 Å². The Morgan fingerprint density at radius 1 is 1.06 bits per heavy atom. The first kappa shape index (κ1) is 10.6. The van der Waals surface area contributed by atoms with Crippen LogP contribution in [-0.4, -0.2) is 10.8 Å². The van der Waals surface area contributed by atoms with Gasteiger partial charge in [-0.2, -0.15) is 0 Å². The number of Topliss-reactive ketones (excluding diaryl/α,β-unsaturated/α-hetero) is 1. The van der Waals surface area contributed by atoms with Crippen molar-refractivity contribution in [3.63, 3.8) is 0 Å². The van der Waals surface area contributed by atoms with Gasteiger partial charge in [0.25, 0.3) is 0 Å². The highest BCUT2D eigenvalue weighted by molar-refractivity contribution is 5.96. The van der Waals surface area contributed by atoms with E-state index in [2.05, 4.69) is 4.98 Å². The normalized spacial score (nSPS) is 10.1. The molecule has 0 saturated heterocycles. The number of benzene rings is 1. The van der Waals surface area contributed by atoms with Crippen molar-refractivity contribution in [1.29, 1.82) is 0 Å². The number of hydrogen-bond donors (Lipinski definition) is 0. The molecule has 0 saturated carbocycles. The molecule has 0 aliphatic rings. The third-order valence-corrected chi connectivity index (χ3v) is 2.62. The van der Waals surface area contributed by atoms with Crippen LogP contribution in [0.1, 0.15) is 22.8 Å². The van der Waals surface area contributed by atoms with E-state index in [1.165, 1.54) is 0 Å². The third-order valence-electron chi connectivity index (χ3n) is 2.62. The average molecular weight is 211 g/mol. The lowest BCUT2D eigenvalue weighted by atomic mass is 9.99. The van der Waals surface area contributed by atoms with E-state index >= 15 is 0 Å². The maximum absolute atomic E-state index is 11.3. The predicted molar refractivity (Wildman–Crippen MR) is 64.4 cm³/mol. The predicted octanol–water partition coefficient (Wildman–Crippen LogP) is 3.26. The minimum absolute atomic E-state index is 0.110. The van der Waals surface area contributed by atoms with Crippen LogP contribution in [0.3, 0.4) is 0 Å². The van der Waals surface area contributed by atoms with Crippen molar-refractivity contribution in [1.82, 2.24) is 4.98 Å². The fourth-order valence-corrected chi connectivity index (χ4v) is 1.78. The number of hydrogen-bond acceptors (Lipinski definition) is 2. The molecule has 0 unspecified atom stereocenters. The summed E-state index contributed by atoms with van der Waals surface area (Å²) in [6, 6.07) is 9.81. The molecule has 80 valence electrons. The van der Waals surface area contributed by atoms with Crippen molar-refractivity contribution in [3.8, 4) is 11.1 Å². The summed E-state index contributed by atoms with van der Waals surface area (Å²) in [6.45, 7) is 3.55. The number of pyridine rings is 1. The molecule has 2 rings (SSSR count). The number of carbonyl (C=O) groups is 1. The van der Waals surface area contributed by atoms with Crippen LogP contribution in [0.2, 0.25) is 0 Å². The van der Waals surface area contributed by atoms with Gasteiger partial charge in [0.05, 0.1) is 0 Å². The Morgan fingerprint density at radius 2 is 1.75 bits per heavy atom. The second-order valence-corrected chi connectivity index (χ2v) is 3.82. The quantitative estimate of drug-likeness (QED) is 0.714. The van der Waals surface area contributed by atoms with Gasteiger partial charge < -0.3 is 0 Å². The molecule has 0 atom stereocenters. The van der Waals surface area contributed by atoms with Gasteiger partial charge in [-0.3, -0.25) is 9.78 Å². The zero-order chi connectivity index (χ0) is 11.5. The standard InChI is InChI=1S/C14H13NO/c1-10-9-13(3-4-14(10)11(2)16)12-5-7-15-8-6-12/h3-9H,1-2H3. The van der Waals surface area contributed by atoms with Crippen LogP contribution in [0.15, 0.2) is 42.7 Å². The first-order valence-corrected chi connectivity index (χ1v) is 5.20. The largest absolute Gasteiger partial charge is 0.295 e. The molecule has 1 aromatic heterocycles. The lowest BCUT2D eigenvalue weighted by Crippen LogP contribution is -1.95. The van der Waals surface area contributed by atoms with E-state index in [0.717, 1.165) is 22.3 Å². The molecule has 2 nitrogen and oxygen atoms in total. The number of nitrogens with zero attached hydrogens (tertiary/aromatic N) is 1. The molecule has 0 radical (unpaired) electrons. The highest BCUT2D eigenvalue weighted by atomic mass is 16.1. The van der Waals surface area contributed by atoms with Gasteiger partial charge in [-0.1, -0.05) is 18.2 Å². The second-order valence-electron chi connectivity index (χ2n) is 3.82. The maximum Gasteiger partial charge on any atom is 0.160 e. The van der Waals surface area contributed by atoms with E-state index in [4.69, 9.17) is 0 Å². The molecule has 0 aliphatic carbocycles. The van der Waals surface area contributed by atoms with Gasteiger partial charge in [-0.25, -0.2) is 0 Å². The summed E-state index contributed by atoms with van der Waals surface area (Å²) >= 11 is 0. The van der Waals surface area contributed by atoms with Crippen LogP contribution in [0.25, 0.3) is 11.1 Å². The summed E-state index contributed by atoms with van der Waals surface area (Å²) in [5.41, 5.74) is 4.04. The molecule has 0 amide bonds. The van der Waals surface area contributed by atoms with E-state index in [9.17, 15) is 4.79 Å². The molecule has 0 aliphatic heterocycles. The molecule has 0 N–H and O–H groups in total. The zero-order valence-electron chi connectivity index (χ0n) is 9.40. The highest BCUT2D eigenvalue weighted by Gasteiger charge is 2.05. The lowest BCUT2D eigenvalue weighted by Gasteiger charge is -2.06. The van der Waals surface area contributed by atoms with Gasteiger partial charge in [0.2, 0.25) is 0 Å². The molecule has 16 heavy (non-hydrogen) atoms. The molecule has 2 heteroatoms. The number of aryl methyl sites for hydroxylation is 1.